The van der Waals surface area contributed by atoms with Gasteiger partial charge in [0, 0.05) is 19.3 Å². The van der Waals surface area contributed by atoms with E-state index in [4.69, 9.17) is 21.3 Å². The largest absolute Gasteiger partial charge is 0.480 e. The average Bonchev–Trinajstić information content (AvgIpc) is 3.11. The molecule has 1 aliphatic rings. The maximum absolute atomic E-state index is 14.0. The molecule has 4 unspecified atom stereocenters. The number of rotatable bonds is 21. The number of hydrogen-bond acceptors (Lipinski definition) is 12. The quantitative estimate of drug-likeness (QED) is 0.0157. The first-order chi connectivity index (χ1) is 26.3. The number of carboxylic acid groups (broad SMARTS) is 1. The van der Waals surface area contributed by atoms with E-state index in [-0.39, 0.29) is 38.6 Å². The summed E-state index contributed by atoms with van der Waals surface area (Å²) in [6.45, 7) is 11.9. The maximum Gasteiger partial charge on any atom is 0.322 e. The van der Waals surface area contributed by atoms with Gasteiger partial charge in [-0.3, -0.25) is 38.6 Å². The van der Waals surface area contributed by atoms with Crippen LogP contribution in [0.3, 0.4) is 0 Å². The highest BCUT2D eigenvalue weighted by Gasteiger charge is 2.41. The minimum atomic E-state index is -1.42. The van der Waals surface area contributed by atoms with Gasteiger partial charge in [0.05, 0.1) is 25.4 Å². The molecule has 1 aromatic rings. The maximum atomic E-state index is 14.0. The summed E-state index contributed by atoms with van der Waals surface area (Å²) < 4.78 is 6.75. The van der Waals surface area contributed by atoms with Crippen LogP contribution < -0.4 is 38.2 Å². The van der Waals surface area contributed by atoms with E-state index in [2.05, 4.69) is 55.1 Å². The van der Waals surface area contributed by atoms with Crippen molar-refractivity contribution >= 4 is 67.1 Å². The van der Waals surface area contributed by atoms with Crippen molar-refractivity contribution in [1.82, 2.24) is 31.6 Å². The van der Waals surface area contributed by atoms with Crippen molar-refractivity contribution in [3.05, 3.63) is 35.4 Å². The zero-order valence-corrected chi connectivity index (χ0v) is 32.1. The number of hydrogen-bond donors (Lipinski definition) is 8. The highest BCUT2D eigenvalue weighted by molar-refractivity contribution is 6.09. The zero-order valence-electron chi connectivity index (χ0n) is 32.1. The molecule has 0 radical (unpaired) electrons. The summed E-state index contributed by atoms with van der Waals surface area (Å²) in [6, 6.07) is 1.67. The first-order valence-electron chi connectivity index (χ1n) is 17.6. The Morgan fingerprint density at radius 1 is 1.12 bits per heavy atom. The van der Waals surface area contributed by atoms with Gasteiger partial charge in [-0.2, -0.15) is 5.43 Å². The topological polar surface area (TPSA) is 304 Å². The summed E-state index contributed by atoms with van der Waals surface area (Å²) in [5, 5.41) is 19.1. The number of hydrazone groups is 1. The fourth-order valence-corrected chi connectivity index (χ4v) is 5.03. The second kappa shape index (κ2) is 22.2. The number of nitrogens with two attached hydrogens (primary N) is 2. The van der Waals surface area contributed by atoms with Crippen molar-refractivity contribution < 1.29 is 48.1 Å². The van der Waals surface area contributed by atoms with Crippen LogP contribution in [0.2, 0.25) is 0 Å². The Bertz CT molecular complexity index is 1670. The lowest BCUT2D eigenvalue weighted by atomic mass is 10.0. The Labute approximate surface area is 324 Å². The lowest BCUT2D eigenvalue weighted by molar-refractivity contribution is -0.554. The van der Waals surface area contributed by atoms with Crippen molar-refractivity contribution in [2.45, 2.75) is 89.3 Å². The fraction of sp³-hybridized carbons (Fsp3) is 0.514. The van der Waals surface area contributed by atoms with Crippen LogP contribution in [0.5, 0.6) is 0 Å². The van der Waals surface area contributed by atoms with Gasteiger partial charge in [-0.05, 0) is 51.5 Å². The predicted octanol–water partition coefficient (Wildman–Crippen LogP) is -2.70. The normalized spacial score (nSPS) is 16.9. The number of piperazine rings is 1. The van der Waals surface area contributed by atoms with Gasteiger partial charge >= 0.3 is 11.9 Å². The van der Waals surface area contributed by atoms with E-state index >= 15 is 0 Å². The van der Waals surface area contributed by atoms with Gasteiger partial charge in [-0.25, -0.2) is 9.98 Å². The fourth-order valence-electron chi connectivity index (χ4n) is 5.03. The number of nitrogens with zero attached hydrogens (tertiary/aromatic N) is 5. The molecule has 1 aromatic carbocycles. The summed E-state index contributed by atoms with van der Waals surface area (Å²) >= 11 is 0. The Kier molecular flexibility index (Phi) is 18.2. The molecular formula is C35H53N12O9+. The van der Waals surface area contributed by atoms with Crippen molar-refractivity contribution in [3.63, 3.8) is 0 Å². The van der Waals surface area contributed by atoms with E-state index in [1.165, 1.54) is 4.68 Å². The zero-order chi connectivity index (χ0) is 42.0. The van der Waals surface area contributed by atoms with Crippen LogP contribution in [0.4, 0.5) is 0 Å². The Morgan fingerprint density at radius 2 is 1.79 bits per heavy atom. The minimum Gasteiger partial charge on any atom is -0.480 e. The molecule has 0 aromatic heterocycles. The number of guanidine groups is 1. The van der Waals surface area contributed by atoms with E-state index in [1.54, 1.807) is 52.1 Å². The van der Waals surface area contributed by atoms with Gasteiger partial charge in [-0.1, -0.05) is 24.3 Å². The number of ether oxygens (including phenoxy) is 1. The second-order valence-corrected chi connectivity index (χ2v) is 13.7. The van der Waals surface area contributed by atoms with E-state index in [0.29, 0.717) is 12.1 Å². The molecule has 306 valence electrons. The van der Waals surface area contributed by atoms with Crippen LogP contribution in [0.1, 0.15) is 57.6 Å². The number of hydrazine groups is 1. The van der Waals surface area contributed by atoms with E-state index in [9.17, 15) is 33.6 Å². The number of aliphatic imine (C=N–C) groups is 3. The SMILES string of the molecule is C=NCN=C(N)NCCCC(NC(=O)CC1NC(=O)C(C=NC(=O)C(N)CC(=O)OC(C)(C)C)N(Cc2ccc(CN[N+](=C)C)cc2)C1=O)C(=O)NCC(=O)O. The number of carbonyl (C=O) groups excluding carboxylic acids is 6. The van der Waals surface area contributed by atoms with Crippen LogP contribution in [0.25, 0.3) is 0 Å². The molecule has 21 heteroatoms. The van der Waals surface area contributed by atoms with Crippen molar-refractivity contribution in [2.24, 2.45) is 26.4 Å². The van der Waals surface area contributed by atoms with Crippen LogP contribution in [0.15, 0.2) is 39.2 Å². The summed E-state index contributed by atoms with van der Waals surface area (Å²) in [5.74, 6) is -5.94. The number of nitrogens with one attached hydrogen (secondary N) is 5. The molecule has 5 amide bonds. The van der Waals surface area contributed by atoms with Gasteiger partial charge < -0.3 is 47.5 Å². The van der Waals surface area contributed by atoms with Crippen LogP contribution >= 0.6 is 0 Å². The molecule has 2 rings (SSSR count). The molecule has 0 spiro atoms. The Balaban J connectivity index is 2.28. The third-order valence-electron chi connectivity index (χ3n) is 7.67. The smallest absolute Gasteiger partial charge is 0.322 e. The molecule has 56 heavy (non-hydrogen) atoms. The number of aliphatic carboxylic acids is 1. The van der Waals surface area contributed by atoms with Gasteiger partial charge in [0.2, 0.25) is 23.6 Å². The first-order valence-corrected chi connectivity index (χ1v) is 17.6. The molecular weight excluding hydrogens is 732 g/mol. The lowest BCUT2D eigenvalue weighted by Crippen LogP contribution is -2.64. The van der Waals surface area contributed by atoms with Gasteiger partial charge in [0.15, 0.2) is 19.7 Å². The molecule has 1 fully saturated rings. The van der Waals surface area contributed by atoms with Crippen molar-refractivity contribution in [1.29, 1.82) is 0 Å². The average molecular weight is 786 g/mol. The van der Waals surface area contributed by atoms with Crippen molar-refractivity contribution in [2.75, 3.05) is 26.8 Å². The predicted molar refractivity (Wildman–Crippen MR) is 205 cm³/mol. The summed E-state index contributed by atoms with van der Waals surface area (Å²) in [4.78, 5) is 102. The monoisotopic (exact) mass is 785 g/mol. The molecule has 0 saturated carbocycles. The van der Waals surface area contributed by atoms with Gasteiger partial charge in [0.25, 0.3) is 5.91 Å². The summed E-state index contributed by atoms with van der Waals surface area (Å²) in [7, 11) is 1.74. The lowest BCUT2D eigenvalue weighted by Gasteiger charge is -2.37. The summed E-state index contributed by atoms with van der Waals surface area (Å²) in [6.07, 6.45) is 0.191. The Hall–Kier alpha value is -6.25. The van der Waals surface area contributed by atoms with Crippen LogP contribution in [0, 0.1) is 0 Å². The molecule has 1 saturated heterocycles. The number of amides is 5. The molecule has 1 heterocycles. The highest BCUT2D eigenvalue weighted by Crippen LogP contribution is 2.17. The number of carbonyl (C=O) groups is 7. The third kappa shape index (κ3) is 16.8. The van der Waals surface area contributed by atoms with Gasteiger partial charge in [-0.15, -0.1) is 4.68 Å². The molecule has 0 aliphatic carbocycles. The summed E-state index contributed by atoms with van der Waals surface area (Å²) in [5.41, 5.74) is 15.3. The van der Waals surface area contributed by atoms with E-state index in [0.717, 1.165) is 16.7 Å². The van der Waals surface area contributed by atoms with Crippen LogP contribution in [-0.4, -0.2) is 138 Å². The molecule has 0 bridgehead atoms. The second-order valence-electron chi connectivity index (χ2n) is 13.7. The molecule has 1 aliphatic heterocycles. The number of carboxylic acids is 1. The Morgan fingerprint density at radius 3 is 2.39 bits per heavy atom. The minimum absolute atomic E-state index is 0.0352. The number of esters is 1. The molecule has 21 nitrogen and oxygen atoms in total. The van der Waals surface area contributed by atoms with Crippen molar-refractivity contribution in [3.8, 4) is 0 Å². The number of benzene rings is 1. The molecule has 10 N–H and O–H groups in total. The third-order valence-corrected chi connectivity index (χ3v) is 7.67. The molecule has 4 atom stereocenters. The first kappa shape index (κ1) is 45.9. The van der Waals surface area contributed by atoms with Gasteiger partial charge in [0.1, 0.15) is 36.9 Å². The van der Waals surface area contributed by atoms with E-state index in [1.807, 2.05) is 0 Å². The standard InChI is InChI=1S/C35H52N12O9/c1-35(2,3)56-29(51)14-23(36)30(52)40-17-26-32(54)45-25(33(55)47(26)19-22-11-9-21(10-12-22)16-43-46(5)6)15-27(48)44-24(31(53)41-18-28(49)50)8-7-13-39-34(37)42-20-38-4/h9-12,17,23-26,43H,4-5,7-8,13-16,18-20,36H2,1-3,6H3,(H6-,37,39,41,42,44,45,48,49,50,53,54)/p+1. The van der Waals surface area contributed by atoms with Crippen LogP contribution in [-0.2, 0) is 51.4 Å². The van der Waals surface area contributed by atoms with E-state index < -0.39 is 90.6 Å². The highest BCUT2D eigenvalue weighted by atomic mass is 16.6.